The van der Waals surface area contributed by atoms with Gasteiger partial charge in [0, 0.05) is 6.07 Å². The first-order chi connectivity index (χ1) is 5.63. The SMILES string of the molecule is COc1cc(C(F)F)nc(N)n1. The van der Waals surface area contributed by atoms with E-state index in [-0.39, 0.29) is 11.8 Å². The van der Waals surface area contributed by atoms with Crippen LogP contribution in [0.15, 0.2) is 6.07 Å². The van der Waals surface area contributed by atoms with Gasteiger partial charge in [-0.2, -0.15) is 4.98 Å². The molecule has 0 saturated heterocycles. The number of methoxy groups -OCH3 is 1. The summed E-state index contributed by atoms with van der Waals surface area (Å²) in [5.41, 5.74) is 4.71. The number of rotatable bonds is 2. The van der Waals surface area contributed by atoms with Crippen LogP contribution in [-0.4, -0.2) is 17.1 Å². The first-order valence-electron chi connectivity index (χ1n) is 3.10. The van der Waals surface area contributed by atoms with E-state index in [9.17, 15) is 8.78 Å². The highest BCUT2D eigenvalue weighted by Crippen LogP contribution is 2.20. The Bertz CT molecular complexity index is 279. The van der Waals surface area contributed by atoms with Crippen LogP contribution >= 0.6 is 0 Å². The molecule has 12 heavy (non-hydrogen) atoms. The summed E-state index contributed by atoms with van der Waals surface area (Å²) >= 11 is 0. The summed E-state index contributed by atoms with van der Waals surface area (Å²) in [5.74, 6) is -0.178. The molecule has 0 radical (unpaired) electrons. The van der Waals surface area contributed by atoms with E-state index in [1.807, 2.05) is 0 Å². The maximum atomic E-state index is 12.1. The zero-order valence-corrected chi connectivity index (χ0v) is 6.29. The first kappa shape index (κ1) is 8.63. The van der Waals surface area contributed by atoms with Gasteiger partial charge in [-0.05, 0) is 0 Å². The van der Waals surface area contributed by atoms with Crippen LogP contribution in [0.4, 0.5) is 14.7 Å². The van der Waals surface area contributed by atoms with Gasteiger partial charge in [0.2, 0.25) is 11.8 Å². The molecule has 0 spiro atoms. The first-order valence-corrected chi connectivity index (χ1v) is 3.10. The van der Waals surface area contributed by atoms with Gasteiger partial charge in [-0.3, -0.25) is 0 Å². The van der Waals surface area contributed by atoms with Crippen molar-refractivity contribution in [1.82, 2.24) is 9.97 Å². The van der Waals surface area contributed by atoms with E-state index in [4.69, 9.17) is 5.73 Å². The molecule has 2 N–H and O–H groups in total. The maximum absolute atomic E-state index is 12.1. The number of nitrogens with zero attached hydrogens (tertiary/aromatic N) is 2. The molecule has 0 aliphatic carbocycles. The number of anilines is 1. The number of nitrogen functional groups attached to an aromatic ring is 1. The van der Waals surface area contributed by atoms with Gasteiger partial charge < -0.3 is 10.5 Å². The zero-order valence-electron chi connectivity index (χ0n) is 6.29. The molecule has 0 aliphatic heterocycles. The maximum Gasteiger partial charge on any atom is 0.280 e. The second-order valence-electron chi connectivity index (χ2n) is 1.99. The van der Waals surface area contributed by atoms with Crippen molar-refractivity contribution < 1.29 is 13.5 Å². The predicted octanol–water partition coefficient (Wildman–Crippen LogP) is 1.00. The van der Waals surface area contributed by atoms with Crippen LogP contribution in [0.2, 0.25) is 0 Å². The second-order valence-corrected chi connectivity index (χ2v) is 1.99. The highest BCUT2D eigenvalue weighted by molar-refractivity contribution is 5.26. The van der Waals surface area contributed by atoms with Gasteiger partial charge in [-0.25, -0.2) is 13.8 Å². The summed E-state index contributed by atoms with van der Waals surface area (Å²) in [4.78, 5) is 6.86. The summed E-state index contributed by atoms with van der Waals surface area (Å²) < 4.78 is 28.7. The molecular weight excluding hydrogens is 168 g/mol. The minimum atomic E-state index is -2.66. The molecule has 4 nitrogen and oxygen atoms in total. The van der Waals surface area contributed by atoms with Gasteiger partial charge in [0.25, 0.3) is 6.43 Å². The molecule has 1 heterocycles. The van der Waals surface area contributed by atoms with E-state index in [0.717, 1.165) is 6.07 Å². The number of hydrogen-bond acceptors (Lipinski definition) is 4. The second kappa shape index (κ2) is 3.29. The third kappa shape index (κ3) is 1.77. The molecule has 1 rings (SSSR count). The van der Waals surface area contributed by atoms with Crippen LogP contribution in [0.3, 0.4) is 0 Å². The lowest BCUT2D eigenvalue weighted by atomic mass is 10.4. The molecule has 0 saturated carbocycles. The Labute approximate surface area is 67.4 Å². The highest BCUT2D eigenvalue weighted by Gasteiger charge is 2.11. The lowest BCUT2D eigenvalue weighted by molar-refractivity contribution is 0.145. The van der Waals surface area contributed by atoms with Gasteiger partial charge in [-0.15, -0.1) is 0 Å². The number of aromatic nitrogens is 2. The standard InChI is InChI=1S/C6H7F2N3O/c1-12-4-2-3(5(7)8)10-6(9)11-4/h2,5H,1H3,(H2,9,10,11). The van der Waals surface area contributed by atoms with Gasteiger partial charge in [0.05, 0.1) is 7.11 Å². The van der Waals surface area contributed by atoms with E-state index in [1.54, 1.807) is 0 Å². The Hall–Kier alpha value is -1.46. The number of ether oxygens (including phenoxy) is 1. The van der Waals surface area contributed by atoms with Crippen molar-refractivity contribution in [2.75, 3.05) is 12.8 Å². The van der Waals surface area contributed by atoms with Crippen molar-refractivity contribution in [3.8, 4) is 5.88 Å². The molecule has 66 valence electrons. The Kier molecular flexibility index (Phi) is 2.37. The fraction of sp³-hybridized carbons (Fsp3) is 0.333. The van der Waals surface area contributed by atoms with Crippen LogP contribution < -0.4 is 10.5 Å². The van der Waals surface area contributed by atoms with Crippen molar-refractivity contribution in [2.24, 2.45) is 0 Å². The Balaban J connectivity index is 3.06. The molecule has 1 aromatic rings. The minimum Gasteiger partial charge on any atom is -0.481 e. The molecule has 0 atom stereocenters. The topological polar surface area (TPSA) is 61.0 Å². The van der Waals surface area contributed by atoms with E-state index in [0.29, 0.717) is 0 Å². The zero-order chi connectivity index (χ0) is 9.14. The molecule has 0 unspecified atom stereocenters. The quantitative estimate of drug-likeness (QED) is 0.728. The summed E-state index contributed by atoms with van der Waals surface area (Å²) in [6, 6.07) is 1.04. The fourth-order valence-corrected chi connectivity index (χ4v) is 0.678. The van der Waals surface area contributed by atoms with Crippen molar-refractivity contribution in [3.05, 3.63) is 11.8 Å². The molecule has 0 aliphatic rings. The summed E-state index contributed by atoms with van der Waals surface area (Å²) in [5, 5.41) is 0. The molecule has 0 fully saturated rings. The van der Waals surface area contributed by atoms with Crippen LogP contribution in [0.25, 0.3) is 0 Å². The van der Waals surface area contributed by atoms with E-state index in [1.165, 1.54) is 7.11 Å². The summed E-state index contributed by atoms with van der Waals surface area (Å²) in [6.07, 6.45) is -2.66. The monoisotopic (exact) mass is 175 g/mol. The average molecular weight is 175 g/mol. The number of nitrogens with two attached hydrogens (primary N) is 1. The fourth-order valence-electron chi connectivity index (χ4n) is 0.678. The summed E-state index contributed by atoms with van der Waals surface area (Å²) in [6.45, 7) is 0. The number of halogens is 2. The van der Waals surface area contributed by atoms with Gasteiger partial charge in [0.1, 0.15) is 5.69 Å². The predicted molar refractivity (Wildman–Crippen MR) is 38.0 cm³/mol. The third-order valence-electron chi connectivity index (χ3n) is 1.17. The molecule has 6 heteroatoms. The Morgan fingerprint density at radius 1 is 1.50 bits per heavy atom. The normalized spacial score (nSPS) is 10.3. The van der Waals surface area contributed by atoms with Gasteiger partial charge >= 0.3 is 0 Å². The molecule has 0 aromatic carbocycles. The number of hydrogen-bond donors (Lipinski definition) is 1. The third-order valence-corrected chi connectivity index (χ3v) is 1.17. The number of alkyl halides is 2. The van der Waals surface area contributed by atoms with E-state index < -0.39 is 12.1 Å². The largest absolute Gasteiger partial charge is 0.481 e. The van der Waals surface area contributed by atoms with Crippen molar-refractivity contribution in [1.29, 1.82) is 0 Å². The molecule has 0 amide bonds. The lowest BCUT2D eigenvalue weighted by Gasteiger charge is -2.02. The summed E-state index contributed by atoms with van der Waals surface area (Å²) in [7, 11) is 1.32. The highest BCUT2D eigenvalue weighted by atomic mass is 19.3. The van der Waals surface area contributed by atoms with E-state index >= 15 is 0 Å². The van der Waals surface area contributed by atoms with Crippen LogP contribution in [0.5, 0.6) is 5.88 Å². The molecule has 0 bridgehead atoms. The van der Waals surface area contributed by atoms with Crippen LogP contribution in [-0.2, 0) is 0 Å². The van der Waals surface area contributed by atoms with Gasteiger partial charge in [-0.1, -0.05) is 0 Å². The van der Waals surface area contributed by atoms with E-state index in [2.05, 4.69) is 14.7 Å². The Morgan fingerprint density at radius 3 is 2.67 bits per heavy atom. The molecular formula is C6H7F2N3O. The van der Waals surface area contributed by atoms with Gasteiger partial charge in [0.15, 0.2) is 0 Å². The van der Waals surface area contributed by atoms with Crippen LogP contribution in [0.1, 0.15) is 12.1 Å². The van der Waals surface area contributed by atoms with Crippen LogP contribution in [0, 0.1) is 0 Å². The molecule has 1 aromatic heterocycles. The minimum absolute atomic E-state index is 0.0396. The van der Waals surface area contributed by atoms with Crippen molar-refractivity contribution in [2.45, 2.75) is 6.43 Å². The van der Waals surface area contributed by atoms with Crippen molar-refractivity contribution >= 4 is 5.95 Å². The average Bonchev–Trinajstić information content (AvgIpc) is 2.03. The Morgan fingerprint density at radius 2 is 2.17 bits per heavy atom. The lowest BCUT2D eigenvalue weighted by Crippen LogP contribution is -2.01. The van der Waals surface area contributed by atoms with Crippen molar-refractivity contribution in [3.63, 3.8) is 0 Å². The smallest absolute Gasteiger partial charge is 0.280 e.